The summed E-state index contributed by atoms with van der Waals surface area (Å²) in [5.41, 5.74) is 0.241. The lowest BCUT2D eigenvalue weighted by molar-refractivity contribution is 0.102. The molecule has 19 heavy (non-hydrogen) atoms. The SMILES string of the molecule is O=C(CS(=O)c1ccc(Br)cc1)c1cccc(F)c1. The van der Waals surface area contributed by atoms with Crippen molar-refractivity contribution in [1.29, 1.82) is 0 Å². The lowest BCUT2D eigenvalue weighted by Crippen LogP contribution is -2.11. The van der Waals surface area contributed by atoms with Crippen LogP contribution in [0.5, 0.6) is 0 Å². The van der Waals surface area contributed by atoms with Gasteiger partial charge in [0.05, 0.1) is 16.6 Å². The highest BCUT2D eigenvalue weighted by Crippen LogP contribution is 2.14. The Morgan fingerprint density at radius 1 is 1.16 bits per heavy atom. The summed E-state index contributed by atoms with van der Waals surface area (Å²) in [6.07, 6.45) is 0. The molecule has 0 spiro atoms. The van der Waals surface area contributed by atoms with Crippen LogP contribution in [-0.4, -0.2) is 15.7 Å². The second-order valence-corrected chi connectivity index (χ2v) is 6.24. The maximum atomic E-state index is 13.0. The van der Waals surface area contributed by atoms with Gasteiger partial charge in [-0.25, -0.2) is 4.39 Å². The van der Waals surface area contributed by atoms with Gasteiger partial charge in [0, 0.05) is 14.9 Å². The lowest BCUT2D eigenvalue weighted by Gasteiger charge is -2.03. The second kappa shape index (κ2) is 6.21. The molecule has 2 rings (SSSR count). The number of Topliss-reactive ketones (excluding diaryl/α,β-unsaturated/α-hetero) is 1. The zero-order chi connectivity index (χ0) is 13.8. The first-order valence-corrected chi connectivity index (χ1v) is 7.60. The highest BCUT2D eigenvalue weighted by Gasteiger charge is 2.12. The van der Waals surface area contributed by atoms with Crippen LogP contribution in [0.1, 0.15) is 10.4 Å². The van der Waals surface area contributed by atoms with E-state index in [9.17, 15) is 13.4 Å². The van der Waals surface area contributed by atoms with Crippen LogP contribution in [0.2, 0.25) is 0 Å². The average Bonchev–Trinajstić information content (AvgIpc) is 2.39. The van der Waals surface area contributed by atoms with E-state index in [-0.39, 0.29) is 17.1 Å². The molecule has 98 valence electrons. The molecule has 0 saturated carbocycles. The van der Waals surface area contributed by atoms with Gasteiger partial charge in [0.25, 0.3) is 0 Å². The number of hydrogen-bond acceptors (Lipinski definition) is 2. The number of halogens is 2. The predicted octanol–water partition coefficient (Wildman–Crippen LogP) is 3.58. The minimum atomic E-state index is -1.42. The van der Waals surface area contributed by atoms with Crippen LogP contribution in [0.25, 0.3) is 0 Å². The predicted molar refractivity (Wildman–Crippen MR) is 76.1 cm³/mol. The molecule has 0 bridgehead atoms. The molecule has 0 N–H and O–H groups in total. The number of carbonyl (C=O) groups excluding carboxylic acids is 1. The van der Waals surface area contributed by atoms with E-state index in [0.29, 0.717) is 4.90 Å². The third-order valence-corrected chi connectivity index (χ3v) is 4.34. The summed E-state index contributed by atoms with van der Waals surface area (Å²) in [6.45, 7) is 0. The van der Waals surface area contributed by atoms with Crippen molar-refractivity contribution < 1.29 is 13.4 Å². The molecule has 0 radical (unpaired) electrons. The van der Waals surface area contributed by atoms with Gasteiger partial charge in [0.15, 0.2) is 5.78 Å². The van der Waals surface area contributed by atoms with Gasteiger partial charge in [-0.2, -0.15) is 0 Å². The fourth-order valence-electron chi connectivity index (χ4n) is 1.53. The molecule has 2 aromatic carbocycles. The quantitative estimate of drug-likeness (QED) is 0.797. The van der Waals surface area contributed by atoms with Gasteiger partial charge < -0.3 is 0 Å². The van der Waals surface area contributed by atoms with Gasteiger partial charge >= 0.3 is 0 Å². The zero-order valence-corrected chi connectivity index (χ0v) is 12.2. The molecule has 2 aromatic rings. The van der Waals surface area contributed by atoms with E-state index in [1.807, 2.05) is 0 Å². The molecule has 0 aliphatic heterocycles. The minimum absolute atomic E-state index is 0.148. The van der Waals surface area contributed by atoms with E-state index in [1.54, 1.807) is 24.3 Å². The fourth-order valence-corrected chi connectivity index (χ4v) is 2.81. The standard InChI is InChI=1S/C14H10BrFO2S/c15-11-4-6-13(7-5-11)19(18)9-14(17)10-2-1-3-12(16)8-10/h1-8H,9H2. The van der Waals surface area contributed by atoms with Crippen LogP contribution in [-0.2, 0) is 10.8 Å². The van der Waals surface area contributed by atoms with E-state index >= 15 is 0 Å². The summed E-state index contributed by atoms with van der Waals surface area (Å²) < 4.78 is 25.9. The molecule has 0 saturated heterocycles. The largest absolute Gasteiger partial charge is 0.293 e. The average molecular weight is 341 g/mol. The Morgan fingerprint density at radius 3 is 2.47 bits per heavy atom. The molecule has 0 aromatic heterocycles. The third kappa shape index (κ3) is 3.81. The van der Waals surface area contributed by atoms with Gasteiger partial charge in [0.1, 0.15) is 5.82 Å². The van der Waals surface area contributed by atoms with Crippen molar-refractivity contribution in [3.8, 4) is 0 Å². The first-order chi connectivity index (χ1) is 9.06. The van der Waals surface area contributed by atoms with E-state index in [2.05, 4.69) is 15.9 Å². The third-order valence-electron chi connectivity index (χ3n) is 2.49. The molecule has 1 unspecified atom stereocenters. The Hall–Kier alpha value is -1.33. The molecular weight excluding hydrogens is 331 g/mol. The van der Waals surface area contributed by atoms with Gasteiger partial charge in [0.2, 0.25) is 0 Å². The maximum absolute atomic E-state index is 13.0. The molecular formula is C14H10BrFO2S. The first kappa shape index (κ1) is 14.1. The number of rotatable bonds is 4. The second-order valence-electron chi connectivity index (χ2n) is 3.88. The monoisotopic (exact) mass is 340 g/mol. The van der Waals surface area contributed by atoms with E-state index < -0.39 is 16.6 Å². The van der Waals surface area contributed by atoms with E-state index in [4.69, 9.17) is 0 Å². The van der Waals surface area contributed by atoms with Crippen LogP contribution in [0.3, 0.4) is 0 Å². The number of ketones is 1. The number of carbonyl (C=O) groups is 1. The van der Waals surface area contributed by atoms with Crippen molar-refractivity contribution in [2.75, 3.05) is 5.75 Å². The smallest absolute Gasteiger partial charge is 0.175 e. The van der Waals surface area contributed by atoms with Crippen molar-refractivity contribution in [2.24, 2.45) is 0 Å². The van der Waals surface area contributed by atoms with Crippen LogP contribution in [0.4, 0.5) is 4.39 Å². The topological polar surface area (TPSA) is 34.1 Å². The Morgan fingerprint density at radius 2 is 1.84 bits per heavy atom. The van der Waals surface area contributed by atoms with Crippen molar-refractivity contribution in [1.82, 2.24) is 0 Å². The Labute approximate surface area is 121 Å². The summed E-state index contributed by atoms with van der Waals surface area (Å²) in [5.74, 6) is -0.952. The summed E-state index contributed by atoms with van der Waals surface area (Å²) in [7, 11) is -1.42. The molecule has 0 heterocycles. The Bertz CT molecular complexity index is 626. The highest BCUT2D eigenvalue weighted by molar-refractivity contribution is 9.10. The molecule has 0 fully saturated rings. The van der Waals surface area contributed by atoms with Gasteiger partial charge in [-0.15, -0.1) is 0 Å². The van der Waals surface area contributed by atoms with Gasteiger partial charge in [-0.05, 0) is 36.4 Å². The van der Waals surface area contributed by atoms with Crippen LogP contribution in [0.15, 0.2) is 57.9 Å². The van der Waals surface area contributed by atoms with E-state index in [0.717, 1.165) is 10.5 Å². The lowest BCUT2D eigenvalue weighted by atomic mass is 10.1. The summed E-state index contributed by atoms with van der Waals surface area (Å²) in [5, 5.41) is 0. The molecule has 5 heteroatoms. The van der Waals surface area contributed by atoms with Gasteiger partial charge in [-0.3, -0.25) is 9.00 Å². The molecule has 0 aliphatic rings. The van der Waals surface area contributed by atoms with Crippen LogP contribution in [0, 0.1) is 5.82 Å². The van der Waals surface area contributed by atoms with E-state index in [1.165, 1.54) is 18.2 Å². The van der Waals surface area contributed by atoms with Crippen molar-refractivity contribution >= 4 is 32.5 Å². The molecule has 1 atom stereocenters. The van der Waals surface area contributed by atoms with Crippen molar-refractivity contribution in [3.05, 3.63) is 64.4 Å². The highest BCUT2D eigenvalue weighted by atomic mass is 79.9. The van der Waals surface area contributed by atoms with Crippen molar-refractivity contribution in [2.45, 2.75) is 4.90 Å². The summed E-state index contributed by atoms with van der Waals surface area (Å²) in [4.78, 5) is 12.5. The summed E-state index contributed by atoms with van der Waals surface area (Å²) >= 11 is 3.28. The van der Waals surface area contributed by atoms with Gasteiger partial charge in [-0.1, -0.05) is 28.1 Å². The normalized spacial score (nSPS) is 12.1. The Balaban J connectivity index is 2.11. The fraction of sp³-hybridized carbons (Fsp3) is 0.0714. The number of benzene rings is 2. The van der Waals surface area contributed by atoms with Crippen molar-refractivity contribution in [3.63, 3.8) is 0 Å². The maximum Gasteiger partial charge on any atom is 0.175 e. The minimum Gasteiger partial charge on any atom is -0.293 e. The molecule has 0 aliphatic carbocycles. The molecule has 2 nitrogen and oxygen atoms in total. The van der Waals surface area contributed by atoms with Crippen LogP contribution >= 0.6 is 15.9 Å². The zero-order valence-electron chi connectivity index (χ0n) is 9.81. The summed E-state index contributed by atoms with van der Waals surface area (Å²) in [6, 6.07) is 12.3. The first-order valence-electron chi connectivity index (χ1n) is 5.49. The molecule has 0 amide bonds. The Kier molecular flexibility index (Phi) is 4.61. The van der Waals surface area contributed by atoms with Crippen LogP contribution < -0.4 is 0 Å². The number of hydrogen-bond donors (Lipinski definition) is 0.